The molecule has 2 heterocycles. The largest absolute Gasteiger partial charge is 0.392 e. The van der Waals surface area contributed by atoms with Gasteiger partial charge in [0.2, 0.25) is 0 Å². The lowest BCUT2D eigenvalue weighted by Gasteiger charge is -2.41. The van der Waals surface area contributed by atoms with Crippen LogP contribution in [-0.2, 0) is 34.0 Å². The van der Waals surface area contributed by atoms with E-state index in [0.717, 1.165) is 33.3 Å². The number of carbonyl (C=O) groups excluding carboxylic acids is 1. The third-order valence-electron chi connectivity index (χ3n) is 6.99. The van der Waals surface area contributed by atoms with E-state index in [9.17, 15) is 9.90 Å². The molecular weight excluding hydrogens is 561 g/mol. The van der Waals surface area contributed by atoms with Gasteiger partial charge in [0.1, 0.15) is 0 Å². The second-order valence-electron chi connectivity index (χ2n) is 9.63. The molecular formula is C29H28Cl3N3O4. The predicted molar refractivity (Wildman–Crippen MR) is 151 cm³/mol. The summed E-state index contributed by atoms with van der Waals surface area (Å²) in [5, 5.41) is 12.1. The van der Waals surface area contributed by atoms with Gasteiger partial charge in [0, 0.05) is 18.0 Å². The Morgan fingerprint density at radius 2 is 1.64 bits per heavy atom. The monoisotopic (exact) mass is 587 g/mol. The number of alkyl halides is 3. The van der Waals surface area contributed by atoms with E-state index in [2.05, 4.69) is 27.9 Å². The number of hydrogen-bond donors (Lipinski definition) is 2. The summed E-state index contributed by atoms with van der Waals surface area (Å²) in [6.45, 7) is 2.93. The van der Waals surface area contributed by atoms with Crippen LogP contribution in [0.1, 0.15) is 41.6 Å². The molecule has 0 aliphatic carbocycles. The Labute approximate surface area is 241 Å². The fourth-order valence-corrected chi connectivity index (χ4v) is 4.95. The van der Waals surface area contributed by atoms with Crippen molar-refractivity contribution in [2.24, 2.45) is 5.92 Å². The van der Waals surface area contributed by atoms with Crippen molar-refractivity contribution in [3.05, 3.63) is 101 Å². The SMILES string of the molecule is C[C@H]1[C@@H](Cn2cnc3ccccc32)O[C@@H](c2ccc(CNC(=O)C(Cl)(Cl)Cl)cc2)O[C@H]1c1ccc(CO)cc1. The van der Waals surface area contributed by atoms with Gasteiger partial charge in [0.25, 0.3) is 9.70 Å². The zero-order valence-corrected chi connectivity index (χ0v) is 23.4. The summed E-state index contributed by atoms with van der Waals surface area (Å²) in [6, 6.07) is 23.4. The van der Waals surface area contributed by atoms with Gasteiger partial charge in [-0.25, -0.2) is 4.98 Å². The molecule has 0 saturated carbocycles. The highest BCUT2D eigenvalue weighted by Crippen LogP contribution is 2.42. The number of rotatable bonds is 7. The molecule has 39 heavy (non-hydrogen) atoms. The lowest BCUT2D eigenvalue weighted by atomic mass is 9.90. The molecule has 1 aliphatic heterocycles. The van der Waals surface area contributed by atoms with Gasteiger partial charge in [-0.2, -0.15) is 0 Å². The highest BCUT2D eigenvalue weighted by Gasteiger charge is 2.38. The minimum atomic E-state index is -2.01. The Morgan fingerprint density at radius 3 is 2.33 bits per heavy atom. The average Bonchev–Trinajstić information content (AvgIpc) is 3.35. The molecule has 7 nitrogen and oxygen atoms in total. The highest BCUT2D eigenvalue weighted by atomic mass is 35.6. The first-order valence-electron chi connectivity index (χ1n) is 12.6. The number of fused-ring (bicyclic) bond motifs is 1. The minimum Gasteiger partial charge on any atom is -0.392 e. The number of aromatic nitrogens is 2. The van der Waals surface area contributed by atoms with Crippen molar-refractivity contribution < 1.29 is 19.4 Å². The van der Waals surface area contributed by atoms with E-state index in [1.165, 1.54) is 0 Å². The topological polar surface area (TPSA) is 85.6 Å². The number of nitrogens with zero attached hydrogens (tertiary/aromatic N) is 2. The fraction of sp³-hybridized carbons (Fsp3) is 0.310. The van der Waals surface area contributed by atoms with E-state index in [1.807, 2.05) is 73.1 Å². The van der Waals surface area contributed by atoms with Gasteiger partial charge in [-0.3, -0.25) is 4.79 Å². The van der Waals surface area contributed by atoms with Crippen molar-refractivity contribution in [3.8, 4) is 0 Å². The van der Waals surface area contributed by atoms with E-state index in [1.54, 1.807) is 0 Å². The number of carbonyl (C=O) groups is 1. The smallest absolute Gasteiger partial charge is 0.272 e. The maximum atomic E-state index is 11.9. The molecule has 204 valence electrons. The van der Waals surface area contributed by atoms with Crippen LogP contribution >= 0.6 is 34.8 Å². The van der Waals surface area contributed by atoms with Gasteiger partial charge in [0.15, 0.2) is 6.29 Å². The molecule has 1 saturated heterocycles. The number of benzene rings is 3. The van der Waals surface area contributed by atoms with Crippen LogP contribution in [0, 0.1) is 5.92 Å². The van der Waals surface area contributed by atoms with E-state index >= 15 is 0 Å². The molecule has 2 N–H and O–H groups in total. The molecule has 3 aromatic carbocycles. The van der Waals surface area contributed by atoms with Gasteiger partial charge in [-0.05, 0) is 28.8 Å². The number of halogens is 3. The molecule has 10 heteroatoms. The molecule has 4 aromatic rings. The summed E-state index contributed by atoms with van der Waals surface area (Å²) in [5.74, 6) is -0.659. The standard InChI is InChI=1S/C29H28Cl3N3O4/c1-18-25(15-35-17-34-23-4-2-3-5-24(23)35)38-27(39-26(18)21-10-8-20(16-36)9-11-21)22-12-6-19(7-13-22)14-33-28(37)29(30,31)32/h2-13,17-18,25-27,36H,14-16H2,1H3,(H,33,37)/t18-,25+,26+,27+/m0/s1. The summed E-state index contributed by atoms with van der Waals surface area (Å²) in [7, 11) is 0. The summed E-state index contributed by atoms with van der Waals surface area (Å²) in [5.41, 5.74) is 5.51. The number of hydrogen-bond acceptors (Lipinski definition) is 5. The van der Waals surface area contributed by atoms with Crippen LogP contribution in [0.25, 0.3) is 11.0 Å². The summed E-state index contributed by atoms with van der Waals surface area (Å²) in [6.07, 6.45) is 0.816. The van der Waals surface area contributed by atoms with Crippen LogP contribution in [0.5, 0.6) is 0 Å². The number of imidazole rings is 1. The Morgan fingerprint density at radius 1 is 0.974 bits per heavy atom. The number of amides is 1. The van der Waals surface area contributed by atoms with E-state index < -0.39 is 16.0 Å². The molecule has 0 bridgehead atoms. The summed E-state index contributed by atoms with van der Waals surface area (Å²) in [4.78, 5) is 16.4. The van der Waals surface area contributed by atoms with Crippen molar-refractivity contribution >= 4 is 51.7 Å². The van der Waals surface area contributed by atoms with Gasteiger partial charge in [0.05, 0.1) is 42.7 Å². The Bertz CT molecular complexity index is 1420. The third kappa shape index (κ3) is 6.40. The Balaban J connectivity index is 1.39. The number of ether oxygens (including phenoxy) is 2. The van der Waals surface area contributed by atoms with Crippen molar-refractivity contribution in [1.82, 2.24) is 14.9 Å². The second-order valence-corrected chi connectivity index (χ2v) is 11.9. The Kier molecular flexibility index (Phi) is 8.47. The lowest BCUT2D eigenvalue weighted by molar-refractivity contribution is -0.276. The van der Waals surface area contributed by atoms with Crippen LogP contribution in [0.3, 0.4) is 0 Å². The Hall–Kier alpha value is -2.65. The predicted octanol–water partition coefficient (Wildman–Crippen LogP) is 6.01. The maximum Gasteiger partial charge on any atom is 0.272 e. The maximum absolute atomic E-state index is 11.9. The molecule has 1 aromatic heterocycles. The molecule has 1 aliphatic rings. The first-order valence-corrected chi connectivity index (χ1v) is 13.7. The van der Waals surface area contributed by atoms with Gasteiger partial charge < -0.3 is 24.5 Å². The van der Waals surface area contributed by atoms with Crippen LogP contribution in [0.15, 0.2) is 79.1 Å². The molecule has 0 radical (unpaired) electrons. The summed E-state index contributed by atoms with van der Waals surface area (Å²) < 4.78 is 13.2. The number of aliphatic hydroxyl groups excluding tert-OH is 1. The zero-order valence-electron chi connectivity index (χ0n) is 21.1. The number of aliphatic hydroxyl groups is 1. The molecule has 5 rings (SSSR count). The third-order valence-corrected chi connectivity index (χ3v) is 7.50. The highest BCUT2D eigenvalue weighted by molar-refractivity contribution is 6.76. The molecule has 0 unspecified atom stereocenters. The fourth-order valence-electron chi connectivity index (χ4n) is 4.75. The molecule has 1 amide bonds. The van der Waals surface area contributed by atoms with Crippen LogP contribution < -0.4 is 5.32 Å². The first kappa shape index (κ1) is 27.9. The second kappa shape index (κ2) is 11.8. The van der Waals surface area contributed by atoms with Crippen LogP contribution in [0.2, 0.25) is 0 Å². The zero-order chi connectivity index (χ0) is 27.6. The molecule has 1 fully saturated rings. The number of para-hydroxylation sites is 2. The lowest BCUT2D eigenvalue weighted by Crippen LogP contribution is -2.39. The van der Waals surface area contributed by atoms with Gasteiger partial charge in [-0.15, -0.1) is 0 Å². The quantitative estimate of drug-likeness (QED) is 0.259. The van der Waals surface area contributed by atoms with Gasteiger partial charge >= 0.3 is 0 Å². The van der Waals surface area contributed by atoms with Crippen molar-refractivity contribution in [3.63, 3.8) is 0 Å². The normalized spacial score (nSPS) is 21.7. The number of nitrogens with one attached hydrogen (secondary N) is 1. The van der Waals surface area contributed by atoms with Crippen LogP contribution in [0.4, 0.5) is 0 Å². The molecule has 4 atom stereocenters. The van der Waals surface area contributed by atoms with Gasteiger partial charge in [-0.1, -0.05) is 102 Å². The van der Waals surface area contributed by atoms with E-state index in [4.69, 9.17) is 44.3 Å². The average molecular weight is 589 g/mol. The van der Waals surface area contributed by atoms with Crippen molar-refractivity contribution in [2.75, 3.05) is 0 Å². The van der Waals surface area contributed by atoms with Crippen molar-refractivity contribution in [2.45, 2.75) is 48.9 Å². The minimum absolute atomic E-state index is 0.0160. The first-order chi connectivity index (χ1) is 18.7. The van der Waals surface area contributed by atoms with Crippen molar-refractivity contribution in [1.29, 1.82) is 0 Å². The molecule has 0 spiro atoms. The van der Waals surface area contributed by atoms with Crippen LogP contribution in [-0.4, -0.2) is 30.5 Å². The van der Waals surface area contributed by atoms with E-state index in [0.29, 0.717) is 6.54 Å². The van der Waals surface area contributed by atoms with E-state index in [-0.39, 0.29) is 31.3 Å². The summed E-state index contributed by atoms with van der Waals surface area (Å²) >= 11 is 16.9.